The molecule has 0 amide bonds. The molecule has 5 nitrogen and oxygen atoms in total. The van der Waals surface area contributed by atoms with Crippen LogP contribution in [0.2, 0.25) is 0 Å². The third-order valence-corrected chi connectivity index (χ3v) is 4.36. The van der Waals surface area contributed by atoms with E-state index in [1.165, 1.54) is 25.8 Å². The third kappa shape index (κ3) is 2.58. The van der Waals surface area contributed by atoms with Crippen LogP contribution in [0.15, 0.2) is 12.4 Å². The summed E-state index contributed by atoms with van der Waals surface area (Å²) in [5.74, 6) is 0.987. The Kier molecular flexibility index (Phi) is 3.66. The van der Waals surface area contributed by atoms with E-state index >= 15 is 0 Å². The molecule has 0 radical (unpaired) electrons. The molecule has 0 bridgehead atoms. The highest BCUT2D eigenvalue weighted by atomic mass is 15.3. The lowest BCUT2D eigenvalue weighted by Crippen LogP contribution is -2.59. The standard InChI is InChI=1S/C14H23N5/c1-11-9-18-5-3-2-4-13(18)10-19(11)14-8-16-7-12(6-15)17-14/h7-8,11,13H,2-6,9-10,15H2,1H3. The van der Waals surface area contributed by atoms with E-state index in [1.54, 1.807) is 6.20 Å². The second-order valence-electron chi connectivity index (χ2n) is 5.72. The molecule has 3 heterocycles. The highest BCUT2D eigenvalue weighted by Crippen LogP contribution is 2.26. The summed E-state index contributed by atoms with van der Waals surface area (Å²) in [5.41, 5.74) is 6.53. The van der Waals surface area contributed by atoms with E-state index in [2.05, 4.69) is 26.7 Å². The summed E-state index contributed by atoms with van der Waals surface area (Å²) < 4.78 is 0. The molecule has 2 fully saturated rings. The van der Waals surface area contributed by atoms with E-state index in [1.807, 2.05) is 6.20 Å². The molecule has 3 rings (SSSR count). The Morgan fingerprint density at radius 1 is 1.32 bits per heavy atom. The smallest absolute Gasteiger partial charge is 0.147 e. The number of rotatable bonds is 2. The topological polar surface area (TPSA) is 58.3 Å². The molecular formula is C14H23N5. The Morgan fingerprint density at radius 2 is 2.21 bits per heavy atom. The monoisotopic (exact) mass is 261 g/mol. The molecule has 1 aromatic rings. The molecule has 19 heavy (non-hydrogen) atoms. The Morgan fingerprint density at radius 3 is 3.05 bits per heavy atom. The average molecular weight is 261 g/mol. The Hall–Kier alpha value is -1.20. The van der Waals surface area contributed by atoms with Crippen LogP contribution in [-0.4, -0.2) is 46.6 Å². The molecule has 2 N–H and O–H groups in total. The average Bonchev–Trinajstić information content (AvgIpc) is 2.46. The minimum Gasteiger partial charge on any atom is -0.350 e. The van der Waals surface area contributed by atoms with Gasteiger partial charge in [0.2, 0.25) is 0 Å². The molecule has 0 aliphatic carbocycles. The van der Waals surface area contributed by atoms with Crippen molar-refractivity contribution in [1.29, 1.82) is 0 Å². The maximum absolute atomic E-state index is 5.66. The van der Waals surface area contributed by atoms with Gasteiger partial charge in [-0.25, -0.2) is 4.98 Å². The van der Waals surface area contributed by atoms with Crippen LogP contribution in [-0.2, 0) is 6.54 Å². The summed E-state index contributed by atoms with van der Waals surface area (Å²) in [6.07, 6.45) is 7.65. The van der Waals surface area contributed by atoms with Gasteiger partial charge in [0.1, 0.15) is 5.82 Å². The normalized spacial score (nSPS) is 28.2. The van der Waals surface area contributed by atoms with Crippen LogP contribution >= 0.6 is 0 Å². The van der Waals surface area contributed by atoms with E-state index < -0.39 is 0 Å². The molecule has 2 unspecified atom stereocenters. The summed E-state index contributed by atoms with van der Waals surface area (Å²) in [6.45, 7) is 6.21. The van der Waals surface area contributed by atoms with Gasteiger partial charge >= 0.3 is 0 Å². The molecule has 2 saturated heterocycles. The first kappa shape index (κ1) is 12.8. The fraction of sp³-hybridized carbons (Fsp3) is 0.714. The van der Waals surface area contributed by atoms with Crippen LogP contribution in [0.25, 0.3) is 0 Å². The van der Waals surface area contributed by atoms with Gasteiger partial charge in [-0.1, -0.05) is 6.42 Å². The number of anilines is 1. The van der Waals surface area contributed by atoms with E-state index in [-0.39, 0.29) is 0 Å². The van der Waals surface area contributed by atoms with E-state index in [0.29, 0.717) is 18.6 Å². The number of hydrogen-bond acceptors (Lipinski definition) is 5. The minimum absolute atomic E-state index is 0.457. The molecular weight excluding hydrogens is 238 g/mol. The van der Waals surface area contributed by atoms with Crippen LogP contribution in [0.3, 0.4) is 0 Å². The van der Waals surface area contributed by atoms with Gasteiger partial charge in [0.25, 0.3) is 0 Å². The Bertz CT molecular complexity index is 436. The van der Waals surface area contributed by atoms with E-state index in [0.717, 1.165) is 24.6 Å². The Balaban J connectivity index is 1.79. The predicted octanol–water partition coefficient (Wildman–Crippen LogP) is 0.998. The second kappa shape index (κ2) is 5.43. The summed E-state index contributed by atoms with van der Waals surface area (Å²) in [7, 11) is 0. The SMILES string of the molecule is CC1CN2CCCCC2CN1c1cncc(CN)n1. The van der Waals surface area contributed by atoms with Gasteiger partial charge in [-0.15, -0.1) is 0 Å². The van der Waals surface area contributed by atoms with Crippen molar-refractivity contribution in [1.82, 2.24) is 14.9 Å². The maximum Gasteiger partial charge on any atom is 0.147 e. The van der Waals surface area contributed by atoms with E-state index in [9.17, 15) is 0 Å². The molecule has 2 aliphatic rings. The molecule has 1 aromatic heterocycles. The zero-order valence-electron chi connectivity index (χ0n) is 11.6. The molecule has 0 spiro atoms. The fourth-order valence-corrected chi connectivity index (χ4v) is 3.30. The van der Waals surface area contributed by atoms with Gasteiger partial charge in [-0.05, 0) is 26.3 Å². The fourth-order valence-electron chi connectivity index (χ4n) is 3.30. The summed E-state index contributed by atoms with van der Waals surface area (Å²) in [6, 6.07) is 1.19. The van der Waals surface area contributed by atoms with Gasteiger partial charge < -0.3 is 10.6 Å². The first-order chi connectivity index (χ1) is 9.28. The summed E-state index contributed by atoms with van der Waals surface area (Å²) in [5, 5.41) is 0. The van der Waals surface area contributed by atoms with Crippen LogP contribution in [0.4, 0.5) is 5.82 Å². The molecule has 2 aliphatic heterocycles. The third-order valence-electron chi connectivity index (χ3n) is 4.36. The lowest BCUT2D eigenvalue weighted by molar-refractivity contribution is 0.115. The molecule has 2 atom stereocenters. The Labute approximate surface area is 114 Å². The van der Waals surface area contributed by atoms with Gasteiger partial charge in [-0.2, -0.15) is 0 Å². The van der Waals surface area contributed by atoms with Crippen molar-refractivity contribution in [2.75, 3.05) is 24.5 Å². The van der Waals surface area contributed by atoms with Crippen molar-refractivity contribution < 1.29 is 0 Å². The zero-order valence-corrected chi connectivity index (χ0v) is 11.6. The zero-order chi connectivity index (χ0) is 13.2. The van der Waals surface area contributed by atoms with Crippen molar-refractivity contribution >= 4 is 5.82 Å². The first-order valence-corrected chi connectivity index (χ1v) is 7.29. The highest BCUT2D eigenvalue weighted by molar-refractivity contribution is 5.39. The predicted molar refractivity (Wildman–Crippen MR) is 75.9 cm³/mol. The van der Waals surface area contributed by atoms with Crippen molar-refractivity contribution in [2.45, 2.75) is 44.8 Å². The minimum atomic E-state index is 0.457. The maximum atomic E-state index is 5.66. The second-order valence-corrected chi connectivity index (χ2v) is 5.72. The van der Waals surface area contributed by atoms with Gasteiger partial charge in [-0.3, -0.25) is 9.88 Å². The lowest BCUT2D eigenvalue weighted by Gasteiger charge is -2.47. The van der Waals surface area contributed by atoms with Crippen LogP contribution < -0.4 is 10.6 Å². The van der Waals surface area contributed by atoms with Crippen LogP contribution in [0.1, 0.15) is 31.9 Å². The molecule has 104 valence electrons. The number of piperazine rings is 1. The molecule has 0 aromatic carbocycles. The van der Waals surface area contributed by atoms with E-state index in [4.69, 9.17) is 5.73 Å². The lowest BCUT2D eigenvalue weighted by atomic mass is 9.97. The first-order valence-electron chi connectivity index (χ1n) is 7.29. The number of nitrogens with two attached hydrogens (primary N) is 1. The van der Waals surface area contributed by atoms with Crippen molar-refractivity contribution in [2.24, 2.45) is 5.73 Å². The number of hydrogen-bond donors (Lipinski definition) is 1. The van der Waals surface area contributed by atoms with Crippen molar-refractivity contribution in [3.05, 3.63) is 18.1 Å². The van der Waals surface area contributed by atoms with Crippen molar-refractivity contribution in [3.8, 4) is 0 Å². The van der Waals surface area contributed by atoms with Crippen LogP contribution in [0.5, 0.6) is 0 Å². The number of aromatic nitrogens is 2. The van der Waals surface area contributed by atoms with Gasteiger partial charge in [0.05, 0.1) is 11.9 Å². The van der Waals surface area contributed by atoms with Crippen LogP contribution in [0, 0.1) is 0 Å². The quantitative estimate of drug-likeness (QED) is 0.860. The summed E-state index contributed by atoms with van der Waals surface area (Å²) >= 11 is 0. The molecule has 5 heteroatoms. The van der Waals surface area contributed by atoms with Gasteiger partial charge in [0, 0.05) is 37.9 Å². The number of piperidine rings is 1. The molecule has 0 saturated carbocycles. The summed E-state index contributed by atoms with van der Waals surface area (Å²) in [4.78, 5) is 13.9. The van der Waals surface area contributed by atoms with Crippen molar-refractivity contribution in [3.63, 3.8) is 0 Å². The largest absolute Gasteiger partial charge is 0.350 e. The highest BCUT2D eigenvalue weighted by Gasteiger charge is 2.33. The number of nitrogens with zero attached hydrogens (tertiary/aromatic N) is 4. The van der Waals surface area contributed by atoms with Gasteiger partial charge in [0.15, 0.2) is 0 Å². The number of fused-ring (bicyclic) bond motifs is 1.